The summed E-state index contributed by atoms with van der Waals surface area (Å²) in [6, 6.07) is 1.71. The minimum atomic E-state index is -1.51. The van der Waals surface area contributed by atoms with Crippen LogP contribution in [0.15, 0.2) is 17.1 Å². The van der Waals surface area contributed by atoms with Gasteiger partial charge in [0.1, 0.15) is 23.1 Å². The lowest BCUT2D eigenvalue weighted by Crippen LogP contribution is -2.67. The predicted octanol–water partition coefficient (Wildman–Crippen LogP) is 22.5. The Bertz CT molecular complexity index is 1560. The van der Waals surface area contributed by atoms with Crippen molar-refractivity contribution in [3.63, 3.8) is 0 Å². The van der Waals surface area contributed by atoms with Gasteiger partial charge in [-0.25, -0.2) is 4.79 Å². The van der Waals surface area contributed by atoms with Gasteiger partial charge in [0.25, 0.3) is 0 Å². The lowest BCUT2D eigenvalue weighted by Gasteiger charge is -2.51. The summed E-state index contributed by atoms with van der Waals surface area (Å²) < 4.78 is 16.5. The van der Waals surface area contributed by atoms with Gasteiger partial charge in [0.05, 0.1) is 6.61 Å². The highest BCUT2D eigenvalue weighted by molar-refractivity contribution is 5.26. The average Bonchev–Trinajstić information content (AvgIpc) is 2.76. The molecule has 2 rings (SSSR count). The second-order valence-electron chi connectivity index (χ2n) is 26.3. The van der Waals surface area contributed by atoms with E-state index in [1.165, 1.54) is 289 Å². The zero-order chi connectivity index (χ0) is 58.5. The van der Waals surface area contributed by atoms with E-state index in [9.17, 15) is 15.0 Å². The number of nitrogen functional groups attached to an aromatic ring is 1. The Morgan fingerprint density at radius 2 is 0.704 bits per heavy atom. The number of hydrogen-bond acceptors (Lipinski definition) is 7. The normalized spacial score (nSPS) is 19.2. The fourth-order valence-corrected chi connectivity index (χ4v) is 13.9. The van der Waals surface area contributed by atoms with Crippen LogP contribution < -0.4 is 11.4 Å². The third kappa shape index (κ3) is 33.3. The van der Waals surface area contributed by atoms with Crippen LogP contribution in [0.4, 0.5) is 5.82 Å². The van der Waals surface area contributed by atoms with E-state index in [-0.39, 0.29) is 12.4 Å². The maximum absolute atomic E-state index is 14.5. The van der Waals surface area contributed by atoms with E-state index in [1.807, 2.05) is 0 Å². The van der Waals surface area contributed by atoms with Gasteiger partial charge in [0, 0.05) is 12.8 Å². The van der Waals surface area contributed by atoms with E-state index in [1.54, 1.807) is 16.8 Å². The summed E-state index contributed by atoms with van der Waals surface area (Å²) in [5.74, 6) is 0.179. The number of aliphatic hydroxyl groups is 2. The molecule has 1 fully saturated rings. The second-order valence-corrected chi connectivity index (χ2v) is 26.3. The number of hydrogen-bond donors (Lipinski definition) is 3. The molecule has 0 unspecified atom stereocenters. The first-order valence-electron chi connectivity index (χ1n) is 36.8. The standard InChI is InChI=1S/C73H141N3O5/c1-5-9-13-17-21-25-29-33-37-41-45-49-53-57-62-71(79)68(67-77)81-73(76-65-61-69(74)75-70(76)78,64-59-55-51-47-43-39-35-31-27-23-19-15-11-7-3)72(71,63-58-54-50-46-42-38-34-30-26-22-18-14-10-6-2)80-66-60-56-52-48-44-40-36-32-28-24-20-16-12-8-4/h61,65,68,77,79H,5-60,62-64,66-67H2,1-4H3,(H2,74,75,78)/t68-,71-,72-,73-/m1/s1. The molecule has 1 saturated heterocycles. The van der Waals surface area contributed by atoms with E-state index in [2.05, 4.69) is 32.7 Å². The van der Waals surface area contributed by atoms with Crippen molar-refractivity contribution in [3.05, 3.63) is 22.7 Å². The van der Waals surface area contributed by atoms with Gasteiger partial charge < -0.3 is 25.4 Å². The number of unbranched alkanes of at least 4 members (excludes halogenated alkanes) is 52. The highest BCUT2D eigenvalue weighted by Crippen LogP contribution is 2.58. The first-order chi connectivity index (χ1) is 39.8. The summed E-state index contributed by atoms with van der Waals surface area (Å²) in [6.07, 6.45) is 73.4. The molecule has 478 valence electrons. The van der Waals surface area contributed by atoms with Crippen molar-refractivity contribution in [1.29, 1.82) is 0 Å². The van der Waals surface area contributed by atoms with Gasteiger partial charge >= 0.3 is 5.69 Å². The average molecular weight is 1140 g/mol. The number of nitrogens with two attached hydrogens (primary N) is 1. The molecule has 2 heterocycles. The van der Waals surface area contributed by atoms with E-state index in [0.717, 1.165) is 70.6 Å². The molecule has 81 heavy (non-hydrogen) atoms. The number of rotatable bonds is 63. The van der Waals surface area contributed by atoms with E-state index in [0.29, 0.717) is 25.9 Å². The van der Waals surface area contributed by atoms with Gasteiger partial charge in [-0.1, -0.05) is 374 Å². The molecule has 1 aromatic heterocycles. The van der Waals surface area contributed by atoms with Crippen molar-refractivity contribution in [2.75, 3.05) is 18.9 Å². The van der Waals surface area contributed by atoms with Gasteiger partial charge in [-0.15, -0.1) is 0 Å². The Kier molecular flexibility index (Phi) is 49.3. The lowest BCUT2D eigenvalue weighted by atomic mass is 9.68. The molecular weight excluding hydrogens is 999 g/mol. The third-order valence-electron chi connectivity index (χ3n) is 19.1. The highest BCUT2D eigenvalue weighted by atomic mass is 16.6. The predicted molar refractivity (Wildman–Crippen MR) is 352 cm³/mol. The summed E-state index contributed by atoms with van der Waals surface area (Å²) in [4.78, 5) is 18.8. The third-order valence-corrected chi connectivity index (χ3v) is 19.1. The number of nitrogens with zero attached hydrogens (tertiary/aromatic N) is 2. The summed E-state index contributed by atoms with van der Waals surface area (Å²) in [7, 11) is 0. The van der Waals surface area contributed by atoms with Crippen molar-refractivity contribution >= 4 is 5.82 Å². The molecule has 8 nitrogen and oxygen atoms in total. The summed E-state index contributed by atoms with van der Waals surface area (Å²) in [5.41, 5.74) is 1.64. The molecule has 0 bridgehead atoms. The first-order valence-corrected chi connectivity index (χ1v) is 36.8. The maximum atomic E-state index is 14.5. The van der Waals surface area contributed by atoms with Crippen LogP contribution in [0.1, 0.15) is 407 Å². The van der Waals surface area contributed by atoms with Gasteiger partial charge in [0.15, 0.2) is 5.72 Å². The van der Waals surface area contributed by atoms with Gasteiger partial charge in [-0.05, 0) is 38.2 Å². The Labute approximate surface area is 504 Å². The molecule has 4 atom stereocenters. The molecular formula is C73H141N3O5. The van der Waals surface area contributed by atoms with E-state index >= 15 is 0 Å². The fraction of sp³-hybridized carbons (Fsp3) is 0.945. The number of aromatic nitrogens is 2. The SMILES string of the molecule is CCCCCCCCCCCCCCCCO[C@]1(CCCCCCCCCCCCCCCC)[C@@](O)(CCCCCCCCCCCCCCCC)[C@@H](CO)O[C@@]1(CCCCCCCCCCCCCCCC)n1ccc(N)nc1=O. The van der Waals surface area contributed by atoms with Crippen molar-refractivity contribution in [1.82, 2.24) is 9.55 Å². The number of anilines is 1. The second kappa shape index (κ2) is 52.8. The molecule has 0 saturated carbocycles. The zero-order valence-corrected chi connectivity index (χ0v) is 55.0. The highest BCUT2D eigenvalue weighted by Gasteiger charge is 2.74. The Morgan fingerprint density at radius 1 is 0.432 bits per heavy atom. The molecule has 1 aliphatic rings. The number of ether oxygens (including phenoxy) is 2. The van der Waals surface area contributed by atoms with Crippen LogP contribution >= 0.6 is 0 Å². The van der Waals surface area contributed by atoms with Crippen LogP contribution in [-0.4, -0.2) is 50.3 Å². The van der Waals surface area contributed by atoms with Crippen LogP contribution in [0.5, 0.6) is 0 Å². The summed E-state index contributed by atoms with van der Waals surface area (Å²) >= 11 is 0. The Balaban J connectivity index is 2.32. The topological polar surface area (TPSA) is 120 Å². The minimum Gasteiger partial charge on any atom is -0.394 e. The van der Waals surface area contributed by atoms with E-state index in [4.69, 9.17) is 15.2 Å². The molecule has 0 spiro atoms. The fourth-order valence-electron chi connectivity index (χ4n) is 13.9. The lowest BCUT2D eigenvalue weighted by molar-refractivity contribution is -0.247. The Hall–Kier alpha value is -1.48. The van der Waals surface area contributed by atoms with Gasteiger partial charge in [-0.2, -0.15) is 4.98 Å². The van der Waals surface area contributed by atoms with Crippen LogP contribution in [0.2, 0.25) is 0 Å². The molecule has 0 amide bonds. The smallest absolute Gasteiger partial charge is 0.351 e. The van der Waals surface area contributed by atoms with E-state index < -0.39 is 28.7 Å². The monoisotopic (exact) mass is 1140 g/mol. The molecule has 0 aliphatic carbocycles. The molecule has 0 radical (unpaired) electrons. The van der Waals surface area contributed by atoms with Crippen LogP contribution in [-0.2, 0) is 15.2 Å². The van der Waals surface area contributed by atoms with Crippen LogP contribution in [0.3, 0.4) is 0 Å². The van der Waals surface area contributed by atoms with Crippen molar-refractivity contribution in [2.45, 2.75) is 430 Å². The molecule has 0 aromatic carbocycles. The summed E-state index contributed by atoms with van der Waals surface area (Å²) in [6.45, 7) is 9.32. The zero-order valence-electron chi connectivity index (χ0n) is 55.0. The largest absolute Gasteiger partial charge is 0.394 e. The van der Waals surface area contributed by atoms with Gasteiger partial charge in [0.2, 0.25) is 0 Å². The van der Waals surface area contributed by atoms with Crippen LogP contribution in [0.25, 0.3) is 0 Å². The summed E-state index contributed by atoms with van der Waals surface area (Å²) in [5, 5.41) is 25.3. The first kappa shape index (κ1) is 75.6. The molecule has 1 aromatic rings. The van der Waals surface area contributed by atoms with Gasteiger partial charge in [-0.3, -0.25) is 4.57 Å². The minimum absolute atomic E-state index is 0.179. The van der Waals surface area contributed by atoms with Crippen molar-refractivity contribution in [3.8, 4) is 0 Å². The van der Waals surface area contributed by atoms with Crippen molar-refractivity contribution < 1.29 is 19.7 Å². The van der Waals surface area contributed by atoms with Crippen LogP contribution in [0, 0.1) is 0 Å². The number of aliphatic hydroxyl groups excluding tert-OH is 1. The molecule has 8 heteroatoms. The molecule has 4 N–H and O–H groups in total. The quantitative estimate of drug-likeness (QED) is 0.0556. The molecule has 1 aliphatic heterocycles. The Morgan fingerprint density at radius 3 is 1.00 bits per heavy atom. The van der Waals surface area contributed by atoms with Crippen molar-refractivity contribution in [2.24, 2.45) is 0 Å². The maximum Gasteiger partial charge on any atom is 0.351 e.